The van der Waals surface area contributed by atoms with Gasteiger partial charge in [-0.05, 0) is 24.6 Å². The number of hydrogen-bond acceptors (Lipinski definition) is 3. The fourth-order valence-corrected chi connectivity index (χ4v) is 2.00. The molecule has 0 saturated carbocycles. The number of benzene rings is 1. The van der Waals surface area contributed by atoms with Gasteiger partial charge in [-0.3, -0.25) is 0 Å². The molecule has 0 saturated heterocycles. The maximum atomic E-state index is 13.7. The average molecular weight is 263 g/mol. The molecule has 0 aliphatic heterocycles. The molecule has 0 aliphatic carbocycles. The van der Waals surface area contributed by atoms with Gasteiger partial charge in [-0.2, -0.15) is 0 Å². The van der Waals surface area contributed by atoms with Gasteiger partial charge in [0.2, 0.25) is 0 Å². The lowest BCUT2D eigenvalue weighted by Crippen LogP contribution is -2.12. The Morgan fingerprint density at radius 1 is 1.47 bits per heavy atom. The van der Waals surface area contributed by atoms with Crippen LogP contribution < -0.4 is 10.5 Å². The first-order chi connectivity index (χ1) is 9.19. The number of rotatable bonds is 5. The third kappa shape index (κ3) is 2.76. The second kappa shape index (κ2) is 5.84. The number of ether oxygens (including phenoxy) is 1. The highest BCUT2D eigenvalue weighted by molar-refractivity contribution is 5.60. The molecule has 0 spiro atoms. The molecule has 1 atom stereocenters. The van der Waals surface area contributed by atoms with Crippen molar-refractivity contribution in [1.82, 2.24) is 9.97 Å². The van der Waals surface area contributed by atoms with Gasteiger partial charge in [0, 0.05) is 18.0 Å². The minimum absolute atomic E-state index is 0.205. The van der Waals surface area contributed by atoms with Gasteiger partial charge in [-0.25, -0.2) is 9.37 Å². The smallest absolute Gasteiger partial charge is 0.165 e. The second-order valence-corrected chi connectivity index (χ2v) is 4.37. The Hall–Kier alpha value is -1.88. The zero-order chi connectivity index (χ0) is 13.8. The molecular weight excluding hydrogens is 245 g/mol. The number of imidazole rings is 1. The Bertz CT molecular complexity index is 549. The van der Waals surface area contributed by atoms with Gasteiger partial charge in [0.1, 0.15) is 5.82 Å². The molecule has 5 heteroatoms. The fraction of sp³-hybridized carbons (Fsp3) is 0.357. The van der Waals surface area contributed by atoms with E-state index in [1.165, 1.54) is 13.2 Å². The van der Waals surface area contributed by atoms with Crippen LogP contribution in [0.4, 0.5) is 4.39 Å². The first-order valence-corrected chi connectivity index (χ1v) is 6.28. The van der Waals surface area contributed by atoms with E-state index in [2.05, 4.69) is 16.9 Å². The van der Waals surface area contributed by atoms with Crippen LogP contribution in [-0.4, -0.2) is 23.6 Å². The second-order valence-electron chi connectivity index (χ2n) is 4.37. The summed E-state index contributed by atoms with van der Waals surface area (Å²) in [6.45, 7) is 2.60. The van der Waals surface area contributed by atoms with E-state index < -0.39 is 0 Å². The zero-order valence-corrected chi connectivity index (χ0v) is 11.1. The first kappa shape index (κ1) is 13.5. The van der Waals surface area contributed by atoms with Crippen LogP contribution in [0.2, 0.25) is 0 Å². The number of halogens is 1. The van der Waals surface area contributed by atoms with E-state index in [0.29, 0.717) is 6.54 Å². The van der Waals surface area contributed by atoms with Gasteiger partial charge in [0.25, 0.3) is 0 Å². The predicted octanol–water partition coefficient (Wildman–Crippen LogP) is 2.68. The number of hydrogen-bond donors (Lipinski definition) is 2. The Morgan fingerprint density at radius 3 is 2.84 bits per heavy atom. The van der Waals surface area contributed by atoms with Gasteiger partial charge < -0.3 is 15.5 Å². The molecule has 3 N–H and O–H groups in total. The molecule has 1 unspecified atom stereocenters. The summed E-state index contributed by atoms with van der Waals surface area (Å²) in [6, 6.07) is 4.83. The molecule has 1 aromatic carbocycles. The Labute approximate surface area is 111 Å². The van der Waals surface area contributed by atoms with Crippen molar-refractivity contribution < 1.29 is 9.13 Å². The normalized spacial score (nSPS) is 12.4. The number of H-pyrrole nitrogens is 1. The third-order valence-electron chi connectivity index (χ3n) is 3.22. The van der Waals surface area contributed by atoms with Crippen LogP contribution in [0.5, 0.6) is 5.75 Å². The topological polar surface area (TPSA) is 63.9 Å². The largest absolute Gasteiger partial charge is 0.494 e. The van der Waals surface area contributed by atoms with E-state index in [-0.39, 0.29) is 17.5 Å². The molecule has 1 aromatic heterocycles. The molecule has 2 aromatic rings. The summed E-state index contributed by atoms with van der Waals surface area (Å²) in [5.41, 5.74) is 7.21. The summed E-state index contributed by atoms with van der Waals surface area (Å²) >= 11 is 0. The Balaban J connectivity index is 2.30. The van der Waals surface area contributed by atoms with Gasteiger partial charge in [-0.1, -0.05) is 6.92 Å². The van der Waals surface area contributed by atoms with Crippen molar-refractivity contribution >= 4 is 0 Å². The molecule has 2 rings (SSSR count). The molecule has 0 fully saturated rings. The lowest BCUT2D eigenvalue weighted by Gasteiger charge is -2.08. The lowest BCUT2D eigenvalue weighted by atomic mass is 10.1. The van der Waals surface area contributed by atoms with Crippen molar-refractivity contribution in [2.24, 2.45) is 5.73 Å². The van der Waals surface area contributed by atoms with Crippen molar-refractivity contribution in [2.45, 2.75) is 19.3 Å². The fourth-order valence-electron chi connectivity index (χ4n) is 2.00. The summed E-state index contributed by atoms with van der Waals surface area (Å²) in [4.78, 5) is 7.52. The summed E-state index contributed by atoms with van der Waals surface area (Å²) in [7, 11) is 1.44. The number of nitrogens with two attached hydrogens (primary N) is 1. The first-order valence-electron chi connectivity index (χ1n) is 6.28. The van der Waals surface area contributed by atoms with Crippen molar-refractivity contribution in [3.05, 3.63) is 36.0 Å². The molecule has 1 heterocycles. The van der Waals surface area contributed by atoms with E-state index >= 15 is 0 Å². The molecule has 0 radical (unpaired) electrons. The minimum atomic E-state index is -0.387. The van der Waals surface area contributed by atoms with Crippen LogP contribution in [0.3, 0.4) is 0 Å². The summed E-state index contributed by atoms with van der Waals surface area (Å²) in [6.07, 6.45) is 2.62. The number of methoxy groups -OCH3 is 1. The minimum Gasteiger partial charge on any atom is -0.494 e. The van der Waals surface area contributed by atoms with E-state index in [0.717, 1.165) is 23.5 Å². The van der Waals surface area contributed by atoms with E-state index in [9.17, 15) is 4.39 Å². The number of aromatic amines is 1. The SMILES string of the molecule is CCC(CN)c1ncc(-c2ccc(OC)c(F)c2)[nH]1. The highest BCUT2D eigenvalue weighted by atomic mass is 19.1. The Morgan fingerprint density at radius 2 is 2.26 bits per heavy atom. The van der Waals surface area contributed by atoms with Crippen molar-refractivity contribution in [1.29, 1.82) is 0 Å². The summed E-state index contributed by atoms with van der Waals surface area (Å²) in [5, 5.41) is 0. The van der Waals surface area contributed by atoms with Gasteiger partial charge >= 0.3 is 0 Å². The number of nitrogens with zero attached hydrogens (tertiary/aromatic N) is 1. The van der Waals surface area contributed by atoms with Crippen LogP contribution in [0.15, 0.2) is 24.4 Å². The van der Waals surface area contributed by atoms with Crippen molar-refractivity contribution in [3.8, 4) is 17.0 Å². The monoisotopic (exact) mass is 263 g/mol. The molecule has 0 bridgehead atoms. The quantitative estimate of drug-likeness (QED) is 0.871. The average Bonchev–Trinajstić information content (AvgIpc) is 2.90. The van der Waals surface area contributed by atoms with E-state index in [1.54, 1.807) is 18.3 Å². The molecule has 0 amide bonds. The van der Waals surface area contributed by atoms with Crippen molar-refractivity contribution in [3.63, 3.8) is 0 Å². The van der Waals surface area contributed by atoms with Crippen molar-refractivity contribution in [2.75, 3.05) is 13.7 Å². The third-order valence-corrected chi connectivity index (χ3v) is 3.22. The van der Waals surface area contributed by atoms with Gasteiger partial charge in [0.05, 0.1) is 19.0 Å². The highest BCUT2D eigenvalue weighted by Crippen LogP contribution is 2.25. The van der Waals surface area contributed by atoms with E-state index in [1.807, 2.05) is 0 Å². The summed E-state index contributed by atoms with van der Waals surface area (Å²) in [5.74, 6) is 0.895. The standard InChI is InChI=1S/C14H18FN3O/c1-3-9(7-16)14-17-8-12(18-14)10-4-5-13(19-2)11(15)6-10/h4-6,8-9H,3,7,16H2,1-2H3,(H,17,18). The van der Waals surface area contributed by atoms with E-state index in [4.69, 9.17) is 10.5 Å². The number of nitrogens with one attached hydrogen (secondary N) is 1. The highest BCUT2D eigenvalue weighted by Gasteiger charge is 2.13. The number of aromatic nitrogens is 2. The molecule has 0 aliphatic rings. The van der Waals surface area contributed by atoms with Crippen LogP contribution in [0.25, 0.3) is 11.3 Å². The van der Waals surface area contributed by atoms with Gasteiger partial charge in [0.15, 0.2) is 11.6 Å². The van der Waals surface area contributed by atoms with Crippen LogP contribution in [0.1, 0.15) is 25.1 Å². The lowest BCUT2D eigenvalue weighted by molar-refractivity contribution is 0.386. The molecular formula is C14H18FN3O. The molecule has 102 valence electrons. The maximum Gasteiger partial charge on any atom is 0.165 e. The Kier molecular flexibility index (Phi) is 4.16. The molecule has 19 heavy (non-hydrogen) atoms. The van der Waals surface area contributed by atoms with Crippen LogP contribution in [-0.2, 0) is 0 Å². The van der Waals surface area contributed by atoms with Gasteiger partial charge in [-0.15, -0.1) is 0 Å². The molecule has 4 nitrogen and oxygen atoms in total. The maximum absolute atomic E-state index is 13.7. The zero-order valence-electron chi connectivity index (χ0n) is 11.1. The van der Waals surface area contributed by atoms with Crippen LogP contribution in [0, 0.1) is 5.82 Å². The predicted molar refractivity (Wildman–Crippen MR) is 72.6 cm³/mol. The van der Waals surface area contributed by atoms with Crippen LogP contribution >= 0.6 is 0 Å². The summed E-state index contributed by atoms with van der Waals surface area (Å²) < 4.78 is 18.6.